The van der Waals surface area contributed by atoms with Gasteiger partial charge in [0.2, 0.25) is 5.91 Å². The van der Waals surface area contributed by atoms with E-state index in [1.165, 1.54) is 24.6 Å². The summed E-state index contributed by atoms with van der Waals surface area (Å²) in [4.78, 5) is 16.9. The number of rotatable bonds is 4. The molecule has 2 rings (SSSR count). The Morgan fingerprint density at radius 3 is 3.05 bits per heavy atom. The third kappa shape index (κ3) is 3.88. The van der Waals surface area contributed by atoms with E-state index < -0.39 is 0 Å². The predicted molar refractivity (Wildman–Crippen MR) is 83.5 cm³/mol. The molecule has 0 aliphatic heterocycles. The Kier molecular flexibility index (Phi) is 5.29. The highest BCUT2D eigenvalue weighted by atomic mass is 32.2. The molecular formula is C15H23N3OS. The minimum Gasteiger partial charge on any atom is -0.397 e. The van der Waals surface area contributed by atoms with E-state index in [2.05, 4.69) is 24.1 Å². The second kappa shape index (κ2) is 6.97. The zero-order valence-corrected chi connectivity index (χ0v) is 13.0. The molecule has 110 valence electrons. The van der Waals surface area contributed by atoms with Gasteiger partial charge in [-0.05, 0) is 24.3 Å². The molecule has 3 unspecified atom stereocenters. The summed E-state index contributed by atoms with van der Waals surface area (Å²) in [5.74, 6) is 1.75. The fourth-order valence-corrected chi connectivity index (χ4v) is 3.45. The maximum Gasteiger partial charge on any atom is 0.230 e. The summed E-state index contributed by atoms with van der Waals surface area (Å²) in [5.41, 5.74) is 6.45. The quantitative estimate of drug-likeness (QED) is 0.838. The number of carbonyl (C=O) groups excluding carboxylic acids is 1. The van der Waals surface area contributed by atoms with Crippen molar-refractivity contribution in [2.75, 3.05) is 11.5 Å². The van der Waals surface area contributed by atoms with Gasteiger partial charge in [0.1, 0.15) is 0 Å². The number of nitrogens with one attached hydrogen (secondary N) is 1. The van der Waals surface area contributed by atoms with Crippen molar-refractivity contribution in [3.63, 3.8) is 0 Å². The van der Waals surface area contributed by atoms with Crippen LogP contribution in [-0.2, 0) is 4.79 Å². The van der Waals surface area contributed by atoms with Crippen molar-refractivity contribution in [2.24, 2.45) is 11.8 Å². The van der Waals surface area contributed by atoms with Crippen LogP contribution in [0.1, 0.15) is 33.1 Å². The first kappa shape index (κ1) is 15.2. The van der Waals surface area contributed by atoms with Crippen molar-refractivity contribution in [2.45, 2.75) is 44.0 Å². The Morgan fingerprint density at radius 2 is 2.30 bits per heavy atom. The number of anilines is 1. The molecule has 1 amide bonds. The van der Waals surface area contributed by atoms with E-state index in [1.54, 1.807) is 12.4 Å². The van der Waals surface area contributed by atoms with Gasteiger partial charge in [-0.3, -0.25) is 9.78 Å². The molecule has 0 aromatic carbocycles. The van der Waals surface area contributed by atoms with Gasteiger partial charge in [0.25, 0.3) is 0 Å². The van der Waals surface area contributed by atoms with E-state index in [0.29, 0.717) is 29.3 Å². The molecule has 1 saturated carbocycles. The Balaban J connectivity index is 1.82. The number of nitrogens with zero attached hydrogens (tertiary/aromatic N) is 1. The van der Waals surface area contributed by atoms with Gasteiger partial charge in [-0.2, -0.15) is 0 Å². The molecule has 0 saturated heterocycles. The lowest BCUT2D eigenvalue weighted by Crippen LogP contribution is -2.44. The second-order valence-corrected chi connectivity index (χ2v) is 6.66. The summed E-state index contributed by atoms with van der Waals surface area (Å²) >= 11 is 1.47. The Hall–Kier alpha value is -1.23. The minimum atomic E-state index is 0.0946. The van der Waals surface area contributed by atoms with Crippen molar-refractivity contribution in [3.8, 4) is 0 Å². The zero-order valence-electron chi connectivity index (χ0n) is 12.1. The molecule has 1 heterocycles. The standard InChI is InChI=1S/C15H23N3OS/c1-10-4-3-5-13(11(10)2)18-15(19)9-20-14-6-7-17-8-12(14)16/h6-8,10-11,13H,3-5,9,16H2,1-2H3,(H,18,19). The van der Waals surface area contributed by atoms with Gasteiger partial charge in [-0.1, -0.05) is 26.7 Å². The number of nitrogens with two attached hydrogens (primary N) is 1. The van der Waals surface area contributed by atoms with E-state index in [-0.39, 0.29) is 5.91 Å². The van der Waals surface area contributed by atoms with E-state index in [0.717, 1.165) is 11.3 Å². The zero-order chi connectivity index (χ0) is 14.5. The van der Waals surface area contributed by atoms with Gasteiger partial charge >= 0.3 is 0 Å². The summed E-state index contributed by atoms with van der Waals surface area (Å²) in [6, 6.07) is 2.17. The summed E-state index contributed by atoms with van der Waals surface area (Å²) in [6.07, 6.45) is 6.89. The van der Waals surface area contributed by atoms with Crippen molar-refractivity contribution in [3.05, 3.63) is 18.5 Å². The van der Waals surface area contributed by atoms with Gasteiger partial charge in [0, 0.05) is 17.1 Å². The summed E-state index contributed by atoms with van der Waals surface area (Å²) in [7, 11) is 0. The van der Waals surface area contributed by atoms with E-state index >= 15 is 0 Å². The van der Waals surface area contributed by atoms with Crippen LogP contribution in [0, 0.1) is 11.8 Å². The van der Waals surface area contributed by atoms with Crippen molar-refractivity contribution in [1.82, 2.24) is 10.3 Å². The Morgan fingerprint density at radius 1 is 1.50 bits per heavy atom. The number of pyridine rings is 1. The number of hydrogen-bond acceptors (Lipinski definition) is 4. The first-order valence-corrected chi connectivity index (χ1v) is 8.18. The van der Waals surface area contributed by atoms with Crippen LogP contribution in [0.15, 0.2) is 23.4 Å². The van der Waals surface area contributed by atoms with E-state index in [1.807, 2.05) is 6.07 Å². The summed E-state index contributed by atoms with van der Waals surface area (Å²) in [6.45, 7) is 4.51. The fraction of sp³-hybridized carbons (Fsp3) is 0.600. The van der Waals surface area contributed by atoms with Crippen molar-refractivity contribution < 1.29 is 4.79 Å². The van der Waals surface area contributed by atoms with E-state index in [9.17, 15) is 4.79 Å². The van der Waals surface area contributed by atoms with Crippen LogP contribution in [-0.4, -0.2) is 22.7 Å². The third-order valence-electron chi connectivity index (χ3n) is 4.22. The molecule has 1 aliphatic carbocycles. The fourth-order valence-electron chi connectivity index (χ4n) is 2.70. The molecule has 20 heavy (non-hydrogen) atoms. The topological polar surface area (TPSA) is 68.0 Å². The van der Waals surface area contributed by atoms with Gasteiger partial charge in [0.05, 0.1) is 17.6 Å². The Labute approximate surface area is 124 Å². The first-order valence-electron chi connectivity index (χ1n) is 7.19. The molecule has 3 atom stereocenters. The lowest BCUT2D eigenvalue weighted by Gasteiger charge is -2.34. The number of nitrogen functional groups attached to an aromatic ring is 1. The highest BCUT2D eigenvalue weighted by Crippen LogP contribution is 2.29. The van der Waals surface area contributed by atoms with Gasteiger partial charge in [-0.25, -0.2) is 0 Å². The Bertz CT molecular complexity index is 466. The molecule has 5 heteroatoms. The van der Waals surface area contributed by atoms with Crippen molar-refractivity contribution >= 4 is 23.4 Å². The minimum absolute atomic E-state index is 0.0946. The highest BCUT2D eigenvalue weighted by molar-refractivity contribution is 8.00. The highest BCUT2D eigenvalue weighted by Gasteiger charge is 2.27. The van der Waals surface area contributed by atoms with Crippen LogP contribution in [0.2, 0.25) is 0 Å². The normalized spacial score (nSPS) is 26.2. The molecule has 1 aromatic heterocycles. The molecular weight excluding hydrogens is 270 g/mol. The van der Waals surface area contributed by atoms with Crippen molar-refractivity contribution in [1.29, 1.82) is 0 Å². The molecule has 1 fully saturated rings. The van der Waals surface area contributed by atoms with Gasteiger partial charge in [0.15, 0.2) is 0 Å². The maximum atomic E-state index is 12.1. The third-order valence-corrected chi connectivity index (χ3v) is 5.31. The van der Waals surface area contributed by atoms with Crippen LogP contribution in [0.3, 0.4) is 0 Å². The van der Waals surface area contributed by atoms with Crippen LogP contribution in [0.4, 0.5) is 5.69 Å². The predicted octanol–water partition coefficient (Wildman–Crippen LogP) is 2.70. The SMILES string of the molecule is CC1CCCC(NC(=O)CSc2ccncc2N)C1C. The number of amides is 1. The van der Waals surface area contributed by atoms with Gasteiger partial charge < -0.3 is 11.1 Å². The number of hydrogen-bond donors (Lipinski definition) is 2. The molecule has 1 aliphatic rings. The summed E-state index contributed by atoms with van der Waals surface area (Å²) < 4.78 is 0. The monoisotopic (exact) mass is 293 g/mol. The van der Waals surface area contributed by atoms with E-state index in [4.69, 9.17) is 5.73 Å². The largest absolute Gasteiger partial charge is 0.397 e. The van der Waals surface area contributed by atoms with Crippen LogP contribution in [0.25, 0.3) is 0 Å². The lowest BCUT2D eigenvalue weighted by atomic mass is 9.78. The summed E-state index contributed by atoms with van der Waals surface area (Å²) in [5, 5.41) is 3.17. The number of thioether (sulfide) groups is 1. The second-order valence-electron chi connectivity index (χ2n) is 5.64. The number of carbonyl (C=O) groups is 1. The van der Waals surface area contributed by atoms with Crippen LogP contribution in [0.5, 0.6) is 0 Å². The molecule has 4 nitrogen and oxygen atoms in total. The smallest absolute Gasteiger partial charge is 0.230 e. The first-order chi connectivity index (χ1) is 9.58. The van der Waals surface area contributed by atoms with Crippen LogP contribution < -0.4 is 11.1 Å². The van der Waals surface area contributed by atoms with Gasteiger partial charge in [-0.15, -0.1) is 11.8 Å². The van der Waals surface area contributed by atoms with Crippen LogP contribution >= 0.6 is 11.8 Å². The average molecular weight is 293 g/mol. The molecule has 0 bridgehead atoms. The molecule has 3 N–H and O–H groups in total. The molecule has 1 aromatic rings. The number of aromatic nitrogens is 1. The lowest BCUT2D eigenvalue weighted by molar-refractivity contribution is -0.119. The molecule has 0 radical (unpaired) electrons. The molecule has 0 spiro atoms. The maximum absolute atomic E-state index is 12.1. The average Bonchev–Trinajstić information content (AvgIpc) is 2.43.